The molecule has 1 aliphatic rings. The molecule has 2 N–H and O–H groups in total. The Morgan fingerprint density at radius 3 is 2.64 bits per heavy atom. The zero-order valence-corrected chi connectivity index (χ0v) is 15.2. The Morgan fingerprint density at radius 1 is 1.20 bits per heavy atom. The van der Waals surface area contributed by atoms with Crippen molar-refractivity contribution in [2.24, 2.45) is 7.05 Å². The van der Waals surface area contributed by atoms with E-state index in [2.05, 4.69) is 15.7 Å². The van der Waals surface area contributed by atoms with E-state index in [1.54, 1.807) is 17.9 Å². The van der Waals surface area contributed by atoms with Gasteiger partial charge in [-0.15, -0.1) is 0 Å². The molecule has 0 radical (unpaired) electrons. The average molecular weight is 357 g/mol. The first kappa shape index (κ1) is 17.4. The maximum atomic E-state index is 12.8. The van der Waals surface area contributed by atoms with Crippen LogP contribution in [0, 0.1) is 0 Å². The molecule has 2 aromatic rings. The number of anilines is 1. The molecule has 1 fully saturated rings. The third-order valence-electron chi connectivity index (χ3n) is 4.33. The number of hydrogen-bond donors (Lipinski definition) is 2. The van der Waals surface area contributed by atoms with Crippen LogP contribution < -0.4 is 10.6 Å². The SMILES string of the molecule is Cn1ncc(NC(=S)NCc2ccccc2)c1C(=O)N1CCCCC1. The van der Waals surface area contributed by atoms with Gasteiger partial charge < -0.3 is 15.5 Å². The topological polar surface area (TPSA) is 62.2 Å². The molecule has 6 nitrogen and oxygen atoms in total. The van der Waals surface area contributed by atoms with Gasteiger partial charge in [0.25, 0.3) is 5.91 Å². The quantitative estimate of drug-likeness (QED) is 0.824. The van der Waals surface area contributed by atoms with Crippen LogP contribution >= 0.6 is 12.2 Å². The predicted molar refractivity (Wildman–Crippen MR) is 102 cm³/mol. The van der Waals surface area contributed by atoms with Gasteiger partial charge in [-0.3, -0.25) is 9.48 Å². The van der Waals surface area contributed by atoms with Gasteiger partial charge in [-0.25, -0.2) is 0 Å². The maximum absolute atomic E-state index is 12.8. The molecule has 7 heteroatoms. The zero-order valence-electron chi connectivity index (χ0n) is 14.4. The number of aryl methyl sites for hydroxylation is 1. The highest BCUT2D eigenvalue weighted by Gasteiger charge is 2.24. The van der Waals surface area contributed by atoms with E-state index < -0.39 is 0 Å². The largest absolute Gasteiger partial charge is 0.358 e. The second-order valence-corrected chi connectivity index (χ2v) is 6.58. The second kappa shape index (κ2) is 8.11. The number of carbonyl (C=O) groups excluding carboxylic acids is 1. The number of amides is 1. The fourth-order valence-electron chi connectivity index (χ4n) is 2.97. The predicted octanol–water partition coefficient (Wildman–Crippen LogP) is 2.53. The van der Waals surface area contributed by atoms with Crippen molar-refractivity contribution in [2.75, 3.05) is 18.4 Å². The molecule has 132 valence electrons. The van der Waals surface area contributed by atoms with E-state index in [1.165, 1.54) is 6.42 Å². The summed E-state index contributed by atoms with van der Waals surface area (Å²) in [5, 5.41) is 11.0. The number of likely N-dealkylation sites (tertiary alicyclic amines) is 1. The minimum Gasteiger partial charge on any atom is -0.358 e. The third kappa shape index (κ3) is 4.36. The molecule has 3 rings (SSSR count). The van der Waals surface area contributed by atoms with Gasteiger partial charge in [0.1, 0.15) is 5.69 Å². The summed E-state index contributed by atoms with van der Waals surface area (Å²) in [7, 11) is 1.78. The van der Waals surface area contributed by atoms with Crippen LogP contribution in [0.3, 0.4) is 0 Å². The fraction of sp³-hybridized carbons (Fsp3) is 0.389. The van der Waals surface area contributed by atoms with Gasteiger partial charge >= 0.3 is 0 Å². The van der Waals surface area contributed by atoms with E-state index in [0.717, 1.165) is 31.5 Å². The summed E-state index contributed by atoms with van der Waals surface area (Å²) in [6.07, 6.45) is 4.95. The standard InChI is InChI=1S/C18H23N5OS/c1-22-16(17(24)23-10-6-3-7-11-23)15(13-20-22)21-18(25)19-12-14-8-4-2-5-9-14/h2,4-5,8-9,13H,3,6-7,10-12H2,1H3,(H2,19,21,25). The van der Waals surface area contributed by atoms with Crippen LogP contribution in [0.25, 0.3) is 0 Å². The minimum absolute atomic E-state index is 0.00746. The molecule has 2 heterocycles. The molecular weight excluding hydrogens is 334 g/mol. The van der Waals surface area contributed by atoms with Gasteiger partial charge in [-0.1, -0.05) is 30.3 Å². The van der Waals surface area contributed by atoms with Crippen molar-refractivity contribution in [1.82, 2.24) is 20.0 Å². The monoisotopic (exact) mass is 357 g/mol. The van der Waals surface area contributed by atoms with E-state index in [4.69, 9.17) is 12.2 Å². The zero-order chi connectivity index (χ0) is 17.6. The lowest BCUT2D eigenvalue weighted by atomic mass is 10.1. The van der Waals surface area contributed by atoms with E-state index in [9.17, 15) is 4.79 Å². The summed E-state index contributed by atoms with van der Waals surface area (Å²) < 4.78 is 1.61. The van der Waals surface area contributed by atoms with Crippen LogP contribution in [0.4, 0.5) is 5.69 Å². The highest BCUT2D eigenvalue weighted by molar-refractivity contribution is 7.80. The average Bonchev–Trinajstić information content (AvgIpc) is 3.01. The number of carbonyl (C=O) groups is 1. The molecular formula is C18H23N5OS. The molecule has 0 saturated carbocycles. The third-order valence-corrected chi connectivity index (χ3v) is 4.58. The van der Waals surface area contributed by atoms with Crippen molar-refractivity contribution >= 4 is 28.9 Å². The summed E-state index contributed by atoms with van der Waals surface area (Å²) in [6, 6.07) is 10.0. The summed E-state index contributed by atoms with van der Waals surface area (Å²) in [6.45, 7) is 2.24. The lowest BCUT2D eigenvalue weighted by molar-refractivity contribution is 0.0714. The van der Waals surface area contributed by atoms with Crippen LogP contribution in [0.2, 0.25) is 0 Å². The Kier molecular flexibility index (Phi) is 5.65. The molecule has 0 atom stereocenters. The molecule has 1 saturated heterocycles. The number of thiocarbonyl (C=S) groups is 1. The maximum Gasteiger partial charge on any atom is 0.274 e. The number of aromatic nitrogens is 2. The lowest BCUT2D eigenvalue weighted by Crippen LogP contribution is -2.37. The number of piperidine rings is 1. The summed E-state index contributed by atoms with van der Waals surface area (Å²) in [5.74, 6) is 0.00746. The summed E-state index contributed by atoms with van der Waals surface area (Å²) in [5.41, 5.74) is 2.33. The Morgan fingerprint density at radius 2 is 1.92 bits per heavy atom. The first-order valence-electron chi connectivity index (χ1n) is 8.55. The number of hydrogen-bond acceptors (Lipinski definition) is 3. The minimum atomic E-state index is 0.00746. The first-order valence-corrected chi connectivity index (χ1v) is 8.96. The van der Waals surface area contributed by atoms with Gasteiger partial charge in [0.2, 0.25) is 0 Å². The lowest BCUT2D eigenvalue weighted by Gasteiger charge is -2.27. The van der Waals surface area contributed by atoms with E-state index >= 15 is 0 Å². The van der Waals surface area contributed by atoms with Crippen molar-refractivity contribution < 1.29 is 4.79 Å². The Balaban J connectivity index is 1.64. The molecule has 25 heavy (non-hydrogen) atoms. The Labute approximate surface area is 153 Å². The van der Waals surface area contributed by atoms with Crippen molar-refractivity contribution in [3.05, 3.63) is 47.8 Å². The molecule has 1 aromatic carbocycles. The number of nitrogens with one attached hydrogen (secondary N) is 2. The van der Waals surface area contributed by atoms with Crippen LogP contribution in [-0.4, -0.2) is 38.8 Å². The molecule has 0 aliphatic carbocycles. The van der Waals surface area contributed by atoms with Gasteiger partial charge in [0, 0.05) is 26.7 Å². The van der Waals surface area contributed by atoms with Gasteiger partial charge in [-0.2, -0.15) is 5.10 Å². The van der Waals surface area contributed by atoms with Crippen molar-refractivity contribution in [2.45, 2.75) is 25.8 Å². The highest BCUT2D eigenvalue weighted by Crippen LogP contribution is 2.19. The van der Waals surface area contributed by atoms with Crippen molar-refractivity contribution in [1.29, 1.82) is 0 Å². The Bertz CT molecular complexity index is 737. The number of rotatable bonds is 4. The molecule has 0 bridgehead atoms. The normalized spacial score (nSPS) is 14.2. The van der Waals surface area contributed by atoms with Crippen molar-refractivity contribution in [3.8, 4) is 0 Å². The number of nitrogens with zero attached hydrogens (tertiary/aromatic N) is 3. The van der Waals surface area contributed by atoms with Crippen LogP contribution in [0.15, 0.2) is 36.5 Å². The van der Waals surface area contributed by atoms with Crippen LogP contribution in [0.1, 0.15) is 35.3 Å². The molecule has 1 aromatic heterocycles. The van der Waals surface area contributed by atoms with E-state index in [1.807, 2.05) is 35.2 Å². The molecule has 0 unspecified atom stereocenters. The molecule has 0 spiro atoms. The molecule has 1 aliphatic heterocycles. The van der Waals surface area contributed by atoms with Gasteiger partial charge in [-0.05, 0) is 37.0 Å². The number of benzene rings is 1. The van der Waals surface area contributed by atoms with Crippen molar-refractivity contribution in [3.63, 3.8) is 0 Å². The first-order chi connectivity index (χ1) is 12.1. The van der Waals surface area contributed by atoms with E-state index in [0.29, 0.717) is 23.0 Å². The smallest absolute Gasteiger partial charge is 0.274 e. The van der Waals surface area contributed by atoms with Crippen LogP contribution in [-0.2, 0) is 13.6 Å². The van der Waals surface area contributed by atoms with Crippen LogP contribution in [0.5, 0.6) is 0 Å². The summed E-state index contributed by atoms with van der Waals surface area (Å²) >= 11 is 5.36. The molecule has 1 amide bonds. The summed E-state index contributed by atoms with van der Waals surface area (Å²) in [4.78, 5) is 14.7. The fourth-order valence-corrected chi connectivity index (χ4v) is 3.16. The van der Waals surface area contributed by atoms with E-state index in [-0.39, 0.29) is 5.91 Å². The highest BCUT2D eigenvalue weighted by atomic mass is 32.1. The van der Waals surface area contributed by atoms with Gasteiger partial charge in [0.15, 0.2) is 5.11 Å². The second-order valence-electron chi connectivity index (χ2n) is 6.18. The Hall–Kier alpha value is -2.41. The van der Waals surface area contributed by atoms with Gasteiger partial charge in [0.05, 0.1) is 11.9 Å².